The maximum absolute atomic E-state index is 8.59. The molecule has 0 aromatic heterocycles. The highest BCUT2D eigenvalue weighted by Crippen LogP contribution is 1.47. The van der Waals surface area contributed by atoms with E-state index in [9.17, 15) is 0 Å². The zero-order valence-corrected chi connectivity index (χ0v) is 6.05. The molecule has 0 aliphatic heterocycles. The van der Waals surface area contributed by atoms with Gasteiger partial charge in [-0.25, -0.2) is 8.42 Å². The Morgan fingerprint density at radius 1 is 1.25 bits per heavy atom. The summed E-state index contributed by atoms with van der Waals surface area (Å²) in [6.45, 7) is 0. The van der Waals surface area contributed by atoms with Crippen LogP contribution in [0.4, 0.5) is 0 Å². The van der Waals surface area contributed by atoms with Crippen molar-refractivity contribution in [2.75, 3.05) is 21.1 Å². The molecule has 0 bridgehead atoms. The molecule has 0 aliphatic carbocycles. The predicted octanol–water partition coefficient (Wildman–Crippen LogP) is -0.751. The van der Waals surface area contributed by atoms with Gasteiger partial charge in [0.15, 0.2) is 0 Å². The number of thiol groups is 1. The molecule has 4 nitrogen and oxygen atoms in total. The van der Waals surface area contributed by atoms with Crippen LogP contribution in [0, 0.1) is 0 Å². The molecule has 0 aliphatic rings. The second-order valence-corrected chi connectivity index (χ2v) is 2.06. The molecular weight excluding hydrogens is 130 g/mol. The van der Waals surface area contributed by atoms with Crippen LogP contribution in [-0.4, -0.2) is 39.0 Å². The first-order valence-corrected chi connectivity index (χ1v) is 3.04. The fourth-order valence-electron chi connectivity index (χ4n) is 0. The molecule has 0 atom stereocenters. The van der Waals surface area contributed by atoms with Crippen molar-refractivity contribution in [3.63, 3.8) is 0 Å². The zero-order chi connectivity index (χ0) is 7.15. The smallest absolute Gasteiger partial charge is 0.254 e. The molecule has 1 N–H and O–H groups in total. The molecule has 0 aromatic rings. The summed E-state index contributed by atoms with van der Waals surface area (Å²) in [5, 5.41) is 0. The van der Waals surface area contributed by atoms with Gasteiger partial charge >= 0.3 is 0 Å². The minimum Gasteiger partial charge on any atom is -0.312 e. The standard InChI is InChI=1S/C3H9N.H2O3S/c2*1-4(2)3/h1-3H3;4H,(H,1,2,3). The van der Waals surface area contributed by atoms with Crippen molar-refractivity contribution in [2.24, 2.45) is 0 Å². The average Bonchev–Trinajstić information content (AvgIpc) is 1.25. The Bertz CT molecular complexity index is 87.9. The Kier molecular flexibility index (Phi) is 9.26. The van der Waals surface area contributed by atoms with Crippen molar-refractivity contribution < 1.29 is 13.0 Å². The van der Waals surface area contributed by atoms with Gasteiger partial charge < -0.3 is 4.90 Å². The van der Waals surface area contributed by atoms with Crippen molar-refractivity contribution in [3.8, 4) is 0 Å². The minimum atomic E-state index is -3.12. The lowest BCUT2D eigenvalue weighted by Gasteiger charge is -1.90. The van der Waals surface area contributed by atoms with Crippen molar-refractivity contribution in [1.82, 2.24) is 4.90 Å². The van der Waals surface area contributed by atoms with Crippen molar-refractivity contribution in [2.45, 2.75) is 0 Å². The highest BCUT2D eigenvalue weighted by Gasteiger charge is 1.58. The van der Waals surface area contributed by atoms with Crippen LogP contribution in [0.2, 0.25) is 0 Å². The quantitative estimate of drug-likeness (QED) is 0.344. The molecule has 5 heteroatoms. The fourth-order valence-corrected chi connectivity index (χ4v) is 0. The number of hydrogen-bond donors (Lipinski definition) is 2. The molecule has 0 spiro atoms. The van der Waals surface area contributed by atoms with Gasteiger partial charge in [0.2, 0.25) is 0 Å². The molecule has 0 aromatic carbocycles. The Balaban J connectivity index is 0. The summed E-state index contributed by atoms with van der Waals surface area (Å²) >= 11 is 0. The summed E-state index contributed by atoms with van der Waals surface area (Å²) < 4.78 is 24.2. The van der Waals surface area contributed by atoms with E-state index >= 15 is 0 Å². The van der Waals surface area contributed by atoms with E-state index in [1.165, 1.54) is 0 Å². The number of hydrogen-bond acceptors (Lipinski definition) is 3. The third-order valence-electron chi connectivity index (χ3n) is 0. The first kappa shape index (κ1) is 10.8. The van der Waals surface area contributed by atoms with E-state index in [1.54, 1.807) is 0 Å². The van der Waals surface area contributed by atoms with Gasteiger partial charge in [0, 0.05) is 0 Å². The lowest BCUT2D eigenvalue weighted by atomic mass is 11.0. The summed E-state index contributed by atoms with van der Waals surface area (Å²) in [6, 6.07) is 0. The van der Waals surface area contributed by atoms with Gasteiger partial charge in [0.1, 0.15) is 0 Å². The van der Waals surface area contributed by atoms with Gasteiger partial charge in [0.05, 0.1) is 0 Å². The monoisotopic (exact) mass is 141 g/mol. The van der Waals surface area contributed by atoms with Crippen molar-refractivity contribution in [3.05, 3.63) is 0 Å². The third kappa shape index (κ3) is 8240. The highest BCUT2D eigenvalue weighted by molar-refractivity contribution is 7.66. The largest absolute Gasteiger partial charge is 0.312 e. The molecule has 0 heterocycles. The molecular formula is C3H11NO3S. The van der Waals surface area contributed by atoms with E-state index in [0.717, 1.165) is 0 Å². The van der Waals surface area contributed by atoms with Crippen LogP contribution < -0.4 is 0 Å². The predicted molar refractivity (Wildman–Crippen MR) is 32.6 cm³/mol. The van der Waals surface area contributed by atoms with Crippen LogP contribution in [0.1, 0.15) is 0 Å². The lowest BCUT2D eigenvalue weighted by molar-refractivity contribution is 0.505. The van der Waals surface area contributed by atoms with Gasteiger partial charge in [-0.2, -0.15) is 0 Å². The first-order chi connectivity index (χ1) is 3.46. The Hall–Kier alpha value is -0.130. The summed E-state index contributed by atoms with van der Waals surface area (Å²) in [5.74, 6) is 0. The summed E-state index contributed by atoms with van der Waals surface area (Å²) in [4.78, 5) is 2.00. The highest BCUT2D eigenvalue weighted by atomic mass is 32.2. The van der Waals surface area contributed by atoms with Gasteiger partial charge in [-0.3, -0.25) is 4.55 Å². The van der Waals surface area contributed by atoms with E-state index in [2.05, 4.69) is 0 Å². The molecule has 0 fully saturated rings. The molecule has 0 unspecified atom stereocenters. The third-order valence-corrected chi connectivity index (χ3v) is 0. The molecule has 0 saturated heterocycles. The second-order valence-electron chi connectivity index (χ2n) is 1.58. The van der Waals surface area contributed by atoms with Gasteiger partial charge in [-0.15, -0.1) is 0 Å². The van der Waals surface area contributed by atoms with Crippen molar-refractivity contribution >= 4 is 11.0 Å². The second kappa shape index (κ2) is 6.87. The fraction of sp³-hybridized carbons (Fsp3) is 1.00. The SMILES string of the molecule is CN(C)C.O=[SH](=O)O. The van der Waals surface area contributed by atoms with E-state index in [-0.39, 0.29) is 0 Å². The van der Waals surface area contributed by atoms with Crippen LogP contribution in [-0.2, 0) is 11.0 Å². The van der Waals surface area contributed by atoms with Crippen LogP contribution in [0.3, 0.4) is 0 Å². The van der Waals surface area contributed by atoms with E-state index in [0.29, 0.717) is 0 Å². The van der Waals surface area contributed by atoms with E-state index < -0.39 is 11.0 Å². The topological polar surface area (TPSA) is 57.6 Å². The summed E-state index contributed by atoms with van der Waals surface area (Å²) in [5.41, 5.74) is 0. The number of nitrogens with zero attached hydrogens (tertiary/aromatic N) is 1. The molecule has 52 valence electrons. The number of rotatable bonds is 0. The van der Waals surface area contributed by atoms with Crippen molar-refractivity contribution in [1.29, 1.82) is 0 Å². The Morgan fingerprint density at radius 2 is 1.25 bits per heavy atom. The molecule has 0 saturated carbocycles. The zero-order valence-electron chi connectivity index (χ0n) is 5.16. The van der Waals surface area contributed by atoms with Gasteiger partial charge in [0.25, 0.3) is 11.0 Å². The summed E-state index contributed by atoms with van der Waals surface area (Å²) in [7, 11) is 2.88. The maximum atomic E-state index is 8.59. The molecule has 0 radical (unpaired) electrons. The Labute approximate surface area is 50.9 Å². The van der Waals surface area contributed by atoms with E-state index in [4.69, 9.17) is 13.0 Å². The molecule has 0 rings (SSSR count). The van der Waals surface area contributed by atoms with Crippen LogP contribution in [0.25, 0.3) is 0 Å². The Morgan fingerprint density at radius 3 is 1.25 bits per heavy atom. The first-order valence-electron chi connectivity index (χ1n) is 1.91. The van der Waals surface area contributed by atoms with Gasteiger partial charge in [-0.05, 0) is 21.1 Å². The van der Waals surface area contributed by atoms with Gasteiger partial charge in [-0.1, -0.05) is 0 Å². The average molecular weight is 141 g/mol. The molecule has 0 amide bonds. The lowest BCUT2D eigenvalue weighted by Crippen LogP contribution is -1.99. The van der Waals surface area contributed by atoms with E-state index in [1.807, 2.05) is 26.0 Å². The minimum absolute atomic E-state index is 2.00. The summed E-state index contributed by atoms with van der Waals surface area (Å²) in [6.07, 6.45) is 0. The molecule has 8 heavy (non-hydrogen) atoms. The maximum Gasteiger partial charge on any atom is 0.254 e. The van der Waals surface area contributed by atoms with Crippen LogP contribution in [0.5, 0.6) is 0 Å². The van der Waals surface area contributed by atoms with Crippen LogP contribution in [0.15, 0.2) is 0 Å². The normalized spacial score (nSPS) is 8.75. The van der Waals surface area contributed by atoms with Crippen LogP contribution >= 0.6 is 0 Å².